The molecular formula is C13H18ClNO2. The van der Waals surface area contributed by atoms with Crippen LogP contribution < -0.4 is 5.32 Å². The Kier molecular flexibility index (Phi) is 5.45. The van der Waals surface area contributed by atoms with E-state index in [9.17, 15) is 4.79 Å². The Morgan fingerprint density at radius 1 is 1.53 bits per heavy atom. The minimum atomic E-state index is -0.166. The van der Waals surface area contributed by atoms with E-state index < -0.39 is 0 Å². The molecule has 0 aliphatic rings. The van der Waals surface area contributed by atoms with Crippen LogP contribution in [0.4, 0.5) is 0 Å². The lowest BCUT2D eigenvalue weighted by molar-refractivity contribution is 0.0936. The molecule has 0 saturated heterocycles. The predicted octanol–water partition coefficient (Wildman–Crippen LogP) is 2.54. The third kappa shape index (κ3) is 4.36. The molecule has 1 amide bonds. The molecule has 0 saturated carbocycles. The van der Waals surface area contributed by atoms with Gasteiger partial charge in [-0.15, -0.1) is 0 Å². The van der Waals surface area contributed by atoms with Gasteiger partial charge in [-0.1, -0.05) is 17.7 Å². The summed E-state index contributed by atoms with van der Waals surface area (Å²) in [7, 11) is 0. The Bertz CT molecular complexity index is 393. The van der Waals surface area contributed by atoms with Crippen molar-refractivity contribution in [1.82, 2.24) is 5.32 Å². The van der Waals surface area contributed by atoms with Crippen LogP contribution in [0.2, 0.25) is 5.02 Å². The van der Waals surface area contributed by atoms with E-state index in [0.717, 1.165) is 12.0 Å². The molecule has 0 aliphatic carbocycles. The van der Waals surface area contributed by atoms with Gasteiger partial charge in [0.15, 0.2) is 0 Å². The van der Waals surface area contributed by atoms with E-state index in [4.69, 9.17) is 16.7 Å². The first kappa shape index (κ1) is 14.0. The highest BCUT2D eigenvalue weighted by atomic mass is 35.5. The lowest BCUT2D eigenvalue weighted by Crippen LogP contribution is -2.32. The van der Waals surface area contributed by atoms with Gasteiger partial charge in [0.2, 0.25) is 0 Å². The summed E-state index contributed by atoms with van der Waals surface area (Å²) in [5, 5.41) is 12.0. The number of amides is 1. The Morgan fingerprint density at radius 3 is 2.82 bits per heavy atom. The number of hydrogen-bond acceptors (Lipinski definition) is 2. The van der Waals surface area contributed by atoms with Gasteiger partial charge in [-0.05, 0) is 44.4 Å². The summed E-state index contributed by atoms with van der Waals surface area (Å²) in [4.78, 5) is 11.9. The van der Waals surface area contributed by atoms with Gasteiger partial charge in [-0.25, -0.2) is 0 Å². The van der Waals surface area contributed by atoms with Gasteiger partial charge in [0.05, 0.1) is 10.6 Å². The number of halogens is 1. The van der Waals surface area contributed by atoms with Crippen LogP contribution in [0.15, 0.2) is 18.2 Å². The van der Waals surface area contributed by atoms with Crippen LogP contribution in [-0.4, -0.2) is 23.7 Å². The molecule has 0 aliphatic heterocycles. The molecule has 4 heteroatoms. The molecule has 0 radical (unpaired) electrons. The van der Waals surface area contributed by atoms with Crippen molar-refractivity contribution in [3.63, 3.8) is 0 Å². The van der Waals surface area contributed by atoms with Crippen LogP contribution in [0.25, 0.3) is 0 Å². The van der Waals surface area contributed by atoms with E-state index in [0.29, 0.717) is 17.0 Å². The number of aliphatic hydroxyl groups excluding tert-OH is 1. The van der Waals surface area contributed by atoms with Gasteiger partial charge in [0.1, 0.15) is 0 Å². The van der Waals surface area contributed by atoms with Crippen LogP contribution in [0.3, 0.4) is 0 Å². The van der Waals surface area contributed by atoms with Crippen molar-refractivity contribution in [2.24, 2.45) is 0 Å². The number of nitrogens with one attached hydrogen (secondary N) is 1. The third-order valence-corrected chi connectivity index (χ3v) is 2.85. The van der Waals surface area contributed by atoms with Crippen molar-refractivity contribution in [1.29, 1.82) is 0 Å². The zero-order chi connectivity index (χ0) is 12.8. The minimum Gasteiger partial charge on any atom is -0.396 e. The number of carbonyl (C=O) groups excluding carboxylic acids is 1. The SMILES string of the molecule is Cc1ccc(C(=O)NC(C)CCCO)c(Cl)c1. The largest absolute Gasteiger partial charge is 0.396 e. The fourth-order valence-corrected chi connectivity index (χ4v) is 1.90. The maximum atomic E-state index is 11.9. The minimum absolute atomic E-state index is 0.0343. The van der Waals surface area contributed by atoms with Crippen LogP contribution in [-0.2, 0) is 0 Å². The molecule has 0 fully saturated rings. The number of aliphatic hydroxyl groups is 1. The predicted molar refractivity (Wildman–Crippen MR) is 69.4 cm³/mol. The van der Waals surface area contributed by atoms with Crippen LogP contribution >= 0.6 is 11.6 Å². The Morgan fingerprint density at radius 2 is 2.24 bits per heavy atom. The van der Waals surface area contributed by atoms with Crippen molar-refractivity contribution in [2.45, 2.75) is 32.7 Å². The molecule has 17 heavy (non-hydrogen) atoms. The van der Waals surface area contributed by atoms with E-state index in [1.165, 1.54) is 0 Å². The molecule has 3 nitrogen and oxygen atoms in total. The van der Waals surface area contributed by atoms with Crippen LogP contribution in [0.5, 0.6) is 0 Å². The molecule has 0 spiro atoms. The van der Waals surface area contributed by atoms with Gasteiger partial charge in [0.25, 0.3) is 5.91 Å². The van der Waals surface area contributed by atoms with E-state index in [1.807, 2.05) is 19.9 Å². The zero-order valence-corrected chi connectivity index (χ0v) is 10.9. The van der Waals surface area contributed by atoms with Gasteiger partial charge in [0, 0.05) is 12.6 Å². The number of carbonyl (C=O) groups is 1. The van der Waals surface area contributed by atoms with Crippen molar-refractivity contribution in [2.75, 3.05) is 6.61 Å². The first-order valence-electron chi connectivity index (χ1n) is 5.72. The molecular weight excluding hydrogens is 238 g/mol. The molecule has 1 aromatic carbocycles. The molecule has 2 N–H and O–H groups in total. The Labute approximate surface area is 107 Å². The number of aryl methyl sites for hydroxylation is 1. The van der Waals surface area contributed by atoms with E-state index in [2.05, 4.69) is 5.32 Å². The topological polar surface area (TPSA) is 49.3 Å². The molecule has 0 bridgehead atoms. The third-order valence-electron chi connectivity index (χ3n) is 2.54. The van der Waals surface area contributed by atoms with Gasteiger partial charge in [-0.2, -0.15) is 0 Å². The molecule has 1 unspecified atom stereocenters. The zero-order valence-electron chi connectivity index (χ0n) is 10.2. The van der Waals surface area contributed by atoms with Gasteiger partial charge in [-0.3, -0.25) is 4.79 Å². The average molecular weight is 256 g/mol. The first-order chi connectivity index (χ1) is 8.04. The highest BCUT2D eigenvalue weighted by Gasteiger charge is 2.12. The van der Waals surface area contributed by atoms with E-state index in [-0.39, 0.29) is 18.6 Å². The second-order valence-electron chi connectivity index (χ2n) is 4.22. The van der Waals surface area contributed by atoms with E-state index >= 15 is 0 Å². The standard InChI is InChI=1S/C13H18ClNO2/c1-9-5-6-11(12(14)8-9)13(17)15-10(2)4-3-7-16/h5-6,8,10,16H,3-4,7H2,1-2H3,(H,15,17). The molecule has 0 heterocycles. The summed E-state index contributed by atoms with van der Waals surface area (Å²) < 4.78 is 0. The highest BCUT2D eigenvalue weighted by Crippen LogP contribution is 2.17. The molecule has 94 valence electrons. The molecule has 1 atom stereocenters. The first-order valence-corrected chi connectivity index (χ1v) is 6.10. The van der Waals surface area contributed by atoms with Crippen LogP contribution in [0, 0.1) is 6.92 Å². The van der Waals surface area contributed by atoms with Crippen molar-refractivity contribution in [3.05, 3.63) is 34.3 Å². The van der Waals surface area contributed by atoms with Crippen molar-refractivity contribution < 1.29 is 9.90 Å². The Hall–Kier alpha value is -1.06. The maximum Gasteiger partial charge on any atom is 0.252 e. The molecule has 1 aromatic rings. The summed E-state index contributed by atoms with van der Waals surface area (Å²) in [5.41, 5.74) is 1.52. The second kappa shape index (κ2) is 6.62. The quantitative estimate of drug-likeness (QED) is 0.850. The Balaban J connectivity index is 2.63. The van der Waals surface area contributed by atoms with Gasteiger partial charge < -0.3 is 10.4 Å². The molecule has 0 aromatic heterocycles. The van der Waals surface area contributed by atoms with Crippen LogP contribution in [0.1, 0.15) is 35.7 Å². The summed E-state index contributed by atoms with van der Waals surface area (Å²) in [6, 6.07) is 5.40. The maximum absolute atomic E-state index is 11.9. The second-order valence-corrected chi connectivity index (χ2v) is 4.63. The summed E-state index contributed by atoms with van der Waals surface area (Å²) in [5.74, 6) is -0.166. The molecule has 1 rings (SSSR count). The number of hydrogen-bond donors (Lipinski definition) is 2. The monoisotopic (exact) mass is 255 g/mol. The average Bonchev–Trinajstić information content (AvgIpc) is 2.26. The van der Waals surface area contributed by atoms with Gasteiger partial charge >= 0.3 is 0 Å². The number of rotatable bonds is 5. The fourth-order valence-electron chi connectivity index (χ4n) is 1.58. The highest BCUT2D eigenvalue weighted by molar-refractivity contribution is 6.33. The summed E-state index contributed by atoms with van der Waals surface area (Å²) in [6.45, 7) is 3.98. The fraction of sp³-hybridized carbons (Fsp3) is 0.462. The van der Waals surface area contributed by atoms with Crippen molar-refractivity contribution >= 4 is 17.5 Å². The lowest BCUT2D eigenvalue weighted by atomic mass is 10.1. The summed E-state index contributed by atoms with van der Waals surface area (Å²) >= 11 is 6.01. The summed E-state index contributed by atoms with van der Waals surface area (Å²) in [6.07, 6.45) is 1.44. The lowest BCUT2D eigenvalue weighted by Gasteiger charge is -2.14. The van der Waals surface area contributed by atoms with Crippen molar-refractivity contribution in [3.8, 4) is 0 Å². The normalized spacial score (nSPS) is 12.2. The number of benzene rings is 1. The smallest absolute Gasteiger partial charge is 0.252 e. The van der Waals surface area contributed by atoms with E-state index in [1.54, 1.807) is 12.1 Å².